The molecule has 0 saturated heterocycles. The third-order valence-electron chi connectivity index (χ3n) is 1.79. The van der Waals surface area contributed by atoms with Crippen LogP contribution in [0.5, 0.6) is 0 Å². The molecule has 1 aromatic rings. The van der Waals surface area contributed by atoms with Crippen LogP contribution in [0.2, 0.25) is 5.02 Å². The first-order chi connectivity index (χ1) is 6.63. The van der Waals surface area contributed by atoms with E-state index >= 15 is 0 Å². The highest BCUT2D eigenvalue weighted by molar-refractivity contribution is 9.10. The zero-order valence-corrected chi connectivity index (χ0v) is 10.1. The Hall–Kier alpha value is -0.560. The summed E-state index contributed by atoms with van der Waals surface area (Å²) in [6.07, 6.45) is 0. The predicted molar refractivity (Wildman–Crippen MR) is 61.1 cm³/mol. The SMILES string of the molecule is CN(CC#N)Cc1cc(Cl)ccc1Br. The van der Waals surface area contributed by atoms with Crippen molar-refractivity contribution < 1.29 is 0 Å². The zero-order valence-electron chi connectivity index (χ0n) is 7.80. The minimum atomic E-state index is 0.416. The number of benzene rings is 1. The molecule has 0 aliphatic carbocycles. The van der Waals surface area contributed by atoms with Crippen LogP contribution < -0.4 is 0 Å². The third kappa shape index (κ3) is 3.30. The molecule has 0 N–H and O–H groups in total. The van der Waals surface area contributed by atoms with Gasteiger partial charge in [-0.2, -0.15) is 5.26 Å². The second kappa shape index (κ2) is 5.35. The molecule has 1 rings (SSSR count). The Morgan fingerprint density at radius 3 is 2.93 bits per heavy atom. The van der Waals surface area contributed by atoms with Crippen molar-refractivity contribution in [3.05, 3.63) is 33.3 Å². The summed E-state index contributed by atoms with van der Waals surface area (Å²) >= 11 is 9.31. The van der Waals surface area contributed by atoms with Crippen LogP contribution in [0.15, 0.2) is 22.7 Å². The van der Waals surface area contributed by atoms with Gasteiger partial charge in [0.1, 0.15) is 0 Å². The second-order valence-electron chi connectivity index (χ2n) is 3.07. The van der Waals surface area contributed by atoms with E-state index in [1.807, 2.05) is 30.1 Å². The van der Waals surface area contributed by atoms with Crippen LogP contribution in [0.25, 0.3) is 0 Å². The first-order valence-electron chi connectivity index (χ1n) is 4.13. The van der Waals surface area contributed by atoms with Crippen LogP contribution in [-0.4, -0.2) is 18.5 Å². The van der Waals surface area contributed by atoms with Gasteiger partial charge in [-0.3, -0.25) is 4.90 Å². The van der Waals surface area contributed by atoms with E-state index in [2.05, 4.69) is 22.0 Å². The Morgan fingerprint density at radius 1 is 1.57 bits per heavy atom. The summed E-state index contributed by atoms with van der Waals surface area (Å²) in [6, 6.07) is 7.75. The normalized spacial score (nSPS) is 10.2. The van der Waals surface area contributed by atoms with E-state index < -0.39 is 0 Å². The summed E-state index contributed by atoms with van der Waals surface area (Å²) < 4.78 is 1.02. The van der Waals surface area contributed by atoms with Gasteiger partial charge >= 0.3 is 0 Å². The third-order valence-corrected chi connectivity index (χ3v) is 2.80. The maximum atomic E-state index is 8.51. The Labute approximate surface area is 97.2 Å². The van der Waals surface area contributed by atoms with E-state index in [0.717, 1.165) is 10.0 Å². The molecule has 0 bridgehead atoms. The topological polar surface area (TPSA) is 27.0 Å². The number of halogens is 2. The fourth-order valence-corrected chi connectivity index (χ4v) is 1.70. The van der Waals surface area contributed by atoms with Crippen molar-refractivity contribution in [2.24, 2.45) is 0 Å². The lowest BCUT2D eigenvalue weighted by molar-refractivity contribution is 0.367. The highest BCUT2D eigenvalue weighted by Crippen LogP contribution is 2.22. The van der Waals surface area contributed by atoms with E-state index in [1.165, 1.54) is 0 Å². The average molecular weight is 274 g/mol. The number of hydrogen-bond acceptors (Lipinski definition) is 2. The van der Waals surface area contributed by atoms with Crippen molar-refractivity contribution in [1.29, 1.82) is 5.26 Å². The van der Waals surface area contributed by atoms with Gasteiger partial charge in [0.05, 0.1) is 12.6 Å². The molecule has 14 heavy (non-hydrogen) atoms. The lowest BCUT2D eigenvalue weighted by Crippen LogP contribution is -2.17. The monoisotopic (exact) mass is 272 g/mol. The van der Waals surface area contributed by atoms with Gasteiger partial charge in [0.25, 0.3) is 0 Å². The Morgan fingerprint density at radius 2 is 2.29 bits per heavy atom. The van der Waals surface area contributed by atoms with Crippen LogP contribution in [-0.2, 0) is 6.54 Å². The summed E-state index contributed by atoms with van der Waals surface area (Å²) in [4.78, 5) is 1.93. The molecule has 0 aromatic heterocycles. The number of nitrogens with zero attached hydrogens (tertiary/aromatic N) is 2. The van der Waals surface area contributed by atoms with Crippen LogP contribution in [0.3, 0.4) is 0 Å². The molecule has 4 heteroatoms. The van der Waals surface area contributed by atoms with Gasteiger partial charge in [0.2, 0.25) is 0 Å². The number of rotatable bonds is 3. The van der Waals surface area contributed by atoms with E-state index in [0.29, 0.717) is 18.1 Å². The van der Waals surface area contributed by atoms with Gasteiger partial charge in [0, 0.05) is 16.0 Å². The summed E-state index contributed by atoms with van der Waals surface area (Å²) in [5, 5.41) is 9.23. The quantitative estimate of drug-likeness (QED) is 0.792. The average Bonchev–Trinajstić information content (AvgIpc) is 2.12. The van der Waals surface area contributed by atoms with Crippen molar-refractivity contribution >= 4 is 27.5 Å². The minimum absolute atomic E-state index is 0.416. The molecule has 0 amide bonds. The van der Waals surface area contributed by atoms with E-state index in [-0.39, 0.29) is 0 Å². The molecule has 0 spiro atoms. The number of hydrogen-bond donors (Lipinski definition) is 0. The van der Waals surface area contributed by atoms with Gasteiger partial charge in [-0.1, -0.05) is 27.5 Å². The van der Waals surface area contributed by atoms with Gasteiger partial charge in [-0.05, 0) is 30.8 Å². The first kappa shape index (κ1) is 11.5. The van der Waals surface area contributed by atoms with E-state index in [4.69, 9.17) is 16.9 Å². The molecule has 74 valence electrons. The Bertz CT molecular complexity index is 360. The summed E-state index contributed by atoms with van der Waals surface area (Å²) in [7, 11) is 1.90. The molecule has 2 nitrogen and oxygen atoms in total. The van der Waals surface area contributed by atoms with E-state index in [9.17, 15) is 0 Å². The van der Waals surface area contributed by atoms with E-state index in [1.54, 1.807) is 0 Å². The van der Waals surface area contributed by atoms with Crippen molar-refractivity contribution in [3.8, 4) is 6.07 Å². The Balaban J connectivity index is 2.76. The fraction of sp³-hybridized carbons (Fsp3) is 0.300. The van der Waals surface area contributed by atoms with Gasteiger partial charge < -0.3 is 0 Å². The molecule has 0 radical (unpaired) electrons. The molecule has 1 aromatic carbocycles. The minimum Gasteiger partial charge on any atom is -0.289 e. The molecule has 0 saturated carbocycles. The lowest BCUT2D eigenvalue weighted by atomic mass is 10.2. The molecule has 0 fully saturated rings. The highest BCUT2D eigenvalue weighted by atomic mass is 79.9. The smallest absolute Gasteiger partial charge is 0.0866 e. The molecular formula is C10H10BrClN2. The maximum absolute atomic E-state index is 8.51. The largest absolute Gasteiger partial charge is 0.289 e. The summed E-state index contributed by atoms with van der Waals surface area (Å²) in [5.74, 6) is 0. The van der Waals surface area contributed by atoms with Crippen molar-refractivity contribution in [2.75, 3.05) is 13.6 Å². The van der Waals surface area contributed by atoms with Gasteiger partial charge in [-0.15, -0.1) is 0 Å². The van der Waals surface area contributed by atoms with Crippen LogP contribution >= 0.6 is 27.5 Å². The summed E-state index contributed by atoms with van der Waals surface area (Å²) in [5.41, 5.74) is 1.09. The highest BCUT2D eigenvalue weighted by Gasteiger charge is 2.04. The fourth-order valence-electron chi connectivity index (χ4n) is 1.13. The Kier molecular flexibility index (Phi) is 4.40. The maximum Gasteiger partial charge on any atom is 0.0866 e. The van der Waals surface area contributed by atoms with Gasteiger partial charge in [0.15, 0.2) is 0 Å². The van der Waals surface area contributed by atoms with Crippen LogP contribution in [0, 0.1) is 11.3 Å². The number of nitriles is 1. The molecule has 0 atom stereocenters. The second-order valence-corrected chi connectivity index (χ2v) is 4.36. The predicted octanol–water partition coefficient (Wildman–Crippen LogP) is 3.06. The molecule has 0 aliphatic heterocycles. The lowest BCUT2D eigenvalue weighted by Gasteiger charge is -2.13. The van der Waals surface area contributed by atoms with Crippen molar-refractivity contribution in [2.45, 2.75) is 6.54 Å². The molecular weight excluding hydrogens is 263 g/mol. The molecule has 0 unspecified atom stereocenters. The van der Waals surface area contributed by atoms with Crippen LogP contribution in [0.1, 0.15) is 5.56 Å². The standard InChI is InChI=1S/C10H10BrClN2/c1-14(5-4-13)7-8-6-9(12)2-3-10(8)11/h2-3,6H,5,7H2,1H3. The van der Waals surface area contributed by atoms with Gasteiger partial charge in [-0.25, -0.2) is 0 Å². The van der Waals surface area contributed by atoms with Crippen molar-refractivity contribution in [1.82, 2.24) is 4.90 Å². The first-order valence-corrected chi connectivity index (χ1v) is 5.30. The van der Waals surface area contributed by atoms with Crippen LogP contribution in [0.4, 0.5) is 0 Å². The van der Waals surface area contributed by atoms with Crippen molar-refractivity contribution in [3.63, 3.8) is 0 Å². The molecule has 0 aliphatic rings. The molecule has 0 heterocycles. The summed E-state index contributed by atoms with van der Waals surface area (Å²) in [6.45, 7) is 1.13. The zero-order chi connectivity index (χ0) is 10.6.